The number of nitriles is 1. The zero-order valence-corrected chi connectivity index (χ0v) is 12.9. The third-order valence-electron chi connectivity index (χ3n) is 3.88. The first-order valence-corrected chi connectivity index (χ1v) is 7.53. The van der Waals surface area contributed by atoms with Gasteiger partial charge in [-0.25, -0.2) is 9.97 Å². The summed E-state index contributed by atoms with van der Waals surface area (Å²) in [4.78, 5) is 10.8. The molecule has 8 nitrogen and oxygen atoms in total. The summed E-state index contributed by atoms with van der Waals surface area (Å²) in [6, 6.07) is 6.04. The Morgan fingerprint density at radius 3 is 3.09 bits per heavy atom. The maximum atomic E-state index is 8.91. The van der Waals surface area contributed by atoms with Crippen molar-refractivity contribution in [2.75, 3.05) is 35.7 Å². The fourth-order valence-electron chi connectivity index (χ4n) is 2.73. The lowest BCUT2D eigenvalue weighted by atomic mass is 10.2. The first-order chi connectivity index (χ1) is 11.3. The Morgan fingerprint density at radius 1 is 1.35 bits per heavy atom. The predicted octanol–water partition coefficient (Wildman–Crippen LogP) is 1.26. The van der Waals surface area contributed by atoms with E-state index in [1.807, 2.05) is 13.1 Å². The van der Waals surface area contributed by atoms with Crippen LogP contribution in [0.1, 0.15) is 18.4 Å². The van der Waals surface area contributed by atoms with Crippen LogP contribution in [-0.2, 0) is 0 Å². The molecule has 1 unspecified atom stereocenters. The molecule has 0 amide bonds. The van der Waals surface area contributed by atoms with Gasteiger partial charge in [-0.05, 0) is 12.8 Å². The van der Waals surface area contributed by atoms with Crippen LogP contribution in [0.2, 0.25) is 0 Å². The van der Waals surface area contributed by atoms with Gasteiger partial charge in [0.15, 0.2) is 0 Å². The Bertz CT molecular complexity index is 711. The standard InChI is InChI=1S/C15H18N8/c1-17-13-6-15(20-10-19-13)23-4-2-3-12(23)9-18-14-5-11(7-16)8-21-22-14/h5-6,8,10,12H,2-4,9H2,1H3,(H,18,22)(H,17,19,20). The van der Waals surface area contributed by atoms with Crippen molar-refractivity contribution in [2.24, 2.45) is 0 Å². The molecule has 2 N–H and O–H groups in total. The molecule has 3 heterocycles. The minimum atomic E-state index is 0.321. The minimum Gasteiger partial charge on any atom is -0.373 e. The highest BCUT2D eigenvalue weighted by Gasteiger charge is 2.25. The van der Waals surface area contributed by atoms with Crippen molar-refractivity contribution in [3.05, 3.63) is 30.2 Å². The van der Waals surface area contributed by atoms with Crippen LogP contribution in [-0.4, -0.2) is 46.3 Å². The Kier molecular flexibility index (Phi) is 4.47. The van der Waals surface area contributed by atoms with Crippen LogP contribution in [0.5, 0.6) is 0 Å². The summed E-state index contributed by atoms with van der Waals surface area (Å²) < 4.78 is 0. The van der Waals surface area contributed by atoms with Crippen LogP contribution in [0.25, 0.3) is 0 Å². The fourth-order valence-corrected chi connectivity index (χ4v) is 2.73. The van der Waals surface area contributed by atoms with Crippen LogP contribution >= 0.6 is 0 Å². The van der Waals surface area contributed by atoms with Gasteiger partial charge in [0.2, 0.25) is 0 Å². The maximum absolute atomic E-state index is 8.91. The lowest BCUT2D eigenvalue weighted by Gasteiger charge is -2.26. The van der Waals surface area contributed by atoms with Gasteiger partial charge in [0.25, 0.3) is 0 Å². The van der Waals surface area contributed by atoms with E-state index in [9.17, 15) is 0 Å². The number of hydrogen-bond donors (Lipinski definition) is 2. The average molecular weight is 310 g/mol. The Hall–Kier alpha value is -2.95. The van der Waals surface area contributed by atoms with E-state index < -0.39 is 0 Å². The SMILES string of the molecule is CNc1cc(N2CCCC2CNc2cc(C#N)cnn2)ncn1. The molecule has 1 aliphatic rings. The summed E-state index contributed by atoms with van der Waals surface area (Å²) in [5.74, 6) is 2.35. The van der Waals surface area contributed by atoms with E-state index in [0.717, 1.165) is 37.6 Å². The van der Waals surface area contributed by atoms with Crippen molar-refractivity contribution in [3.8, 4) is 6.07 Å². The second kappa shape index (κ2) is 6.87. The summed E-state index contributed by atoms with van der Waals surface area (Å²) in [5.41, 5.74) is 0.500. The molecule has 0 aliphatic carbocycles. The minimum absolute atomic E-state index is 0.321. The van der Waals surface area contributed by atoms with Gasteiger partial charge >= 0.3 is 0 Å². The van der Waals surface area contributed by atoms with Gasteiger partial charge in [0, 0.05) is 38.3 Å². The van der Waals surface area contributed by atoms with E-state index >= 15 is 0 Å². The summed E-state index contributed by atoms with van der Waals surface area (Å²) in [6.07, 6.45) is 5.23. The predicted molar refractivity (Wildman–Crippen MR) is 87.2 cm³/mol. The van der Waals surface area contributed by atoms with E-state index in [-0.39, 0.29) is 0 Å². The first kappa shape index (κ1) is 15.0. The maximum Gasteiger partial charge on any atom is 0.150 e. The normalized spacial score (nSPS) is 16.9. The molecule has 118 valence electrons. The Labute approximate surface area is 134 Å². The molecule has 8 heteroatoms. The quantitative estimate of drug-likeness (QED) is 0.851. The highest BCUT2D eigenvalue weighted by atomic mass is 15.3. The molecule has 0 aromatic carbocycles. The van der Waals surface area contributed by atoms with E-state index in [2.05, 4.69) is 41.8 Å². The van der Waals surface area contributed by atoms with Crippen molar-refractivity contribution >= 4 is 17.5 Å². The molecule has 2 aromatic rings. The molecule has 3 rings (SSSR count). The molecular formula is C15H18N8. The monoisotopic (exact) mass is 310 g/mol. The largest absolute Gasteiger partial charge is 0.373 e. The molecule has 1 atom stereocenters. The topological polar surface area (TPSA) is 103 Å². The Balaban J connectivity index is 1.68. The van der Waals surface area contributed by atoms with Gasteiger partial charge in [0.05, 0.1) is 11.8 Å². The zero-order chi connectivity index (χ0) is 16.1. The molecule has 1 aliphatic heterocycles. The molecule has 0 saturated carbocycles. The summed E-state index contributed by atoms with van der Waals surface area (Å²) in [5, 5.41) is 23.0. The van der Waals surface area contributed by atoms with Crippen LogP contribution in [0.3, 0.4) is 0 Å². The highest BCUT2D eigenvalue weighted by molar-refractivity contribution is 5.50. The van der Waals surface area contributed by atoms with Crippen LogP contribution in [0, 0.1) is 11.3 Å². The first-order valence-electron chi connectivity index (χ1n) is 7.53. The number of rotatable bonds is 5. The highest BCUT2D eigenvalue weighted by Crippen LogP contribution is 2.25. The molecule has 1 fully saturated rings. The average Bonchev–Trinajstić information content (AvgIpc) is 3.09. The lowest BCUT2D eigenvalue weighted by Crippen LogP contribution is -2.35. The Morgan fingerprint density at radius 2 is 2.26 bits per heavy atom. The van der Waals surface area contributed by atoms with E-state index in [0.29, 0.717) is 17.4 Å². The van der Waals surface area contributed by atoms with Crippen molar-refractivity contribution in [1.82, 2.24) is 20.2 Å². The number of nitrogens with one attached hydrogen (secondary N) is 2. The lowest BCUT2D eigenvalue weighted by molar-refractivity contribution is 0.688. The van der Waals surface area contributed by atoms with E-state index in [1.165, 1.54) is 6.20 Å². The smallest absolute Gasteiger partial charge is 0.150 e. The van der Waals surface area contributed by atoms with Crippen LogP contribution < -0.4 is 15.5 Å². The molecular weight excluding hydrogens is 292 g/mol. The molecule has 0 bridgehead atoms. The van der Waals surface area contributed by atoms with E-state index in [1.54, 1.807) is 12.4 Å². The summed E-state index contributed by atoms with van der Waals surface area (Å²) >= 11 is 0. The van der Waals surface area contributed by atoms with Crippen LogP contribution in [0.15, 0.2) is 24.7 Å². The summed E-state index contributed by atoms with van der Waals surface area (Å²) in [6.45, 7) is 1.69. The number of anilines is 3. The molecule has 0 spiro atoms. The second-order valence-corrected chi connectivity index (χ2v) is 5.32. The third-order valence-corrected chi connectivity index (χ3v) is 3.88. The summed E-state index contributed by atoms with van der Waals surface area (Å²) in [7, 11) is 1.84. The van der Waals surface area contributed by atoms with Gasteiger partial charge in [0.1, 0.15) is 29.9 Å². The molecule has 1 saturated heterocycles. The molecule has 0 radical (unpaired) electrons. The van der Waals surface area contributed by atoms with Gasteiger partial charge in [-0.1, -0.05) is 0 Å². The number of hydrogen-bond acceptors (Lipinski definition) is 8. The molecule has 2 aromatic heterocycles. The van der Waals surface area contributed by atoms with Gasteiger partial charge in [-0.3, -0.25) is 0 Å². The molecule has 23 heavy (non-hydrogen) atoms. The van der Waals surface area contributed by atoms with Gasteiger partial charge < -0.3 is 15.5 Å². The van der Waals surface area contributed by atoms with Gasteiger partial charge in [-0.2, -0.15) is 10.4 Å². The second-order valence-electron chi connectivity index (χ2n) is 5.32. The van der Waals surface area contributed by atoms with Crippen LogP contribution in [0.4, 0.5) is 17.5 Å². The number of nitrogens with zero attached hydrogens (tertiary/aromatic N) is 6. The number of aromatic nitrogens is 4. The van der Waals surface area contributed by atoms with Gasteiger partial charge in [-0.15, -0.1) is 5.10 Å². The third kappa shape index (κ3) is 3.45. The van der Waals surface area contributed by atoms with Crippen molar-refractivity contribution < 1.29 is 0 Å². The van der Waals surface area contributed by atoms with E-state index in [4.69, 9.17) is 5.26 Å². The van der Waals surface area contributed by atoms with Crippen molar-refractivity contribution in [2.45, 2.75) is 18.9 Å². The zero-order valence-electron chi connectivity index (χ0n) is 12.9. The van der Waals surface area contributed by atoms with Crippen molar-refractivity contribution in [1.29, 1.82) is 5.26 Å². The van der Waals surface area contributed by atoms with Crippen molar-refractivity contribution in [3.63, 3.8) is 0 Å². The fraction of sp³-hybridized carbons (Fsp3) is 0.400.